The van der Waals surface area contributed by atoms with E-state index in [-0.39, 0.29) is 6.29 Å². The Kier molecular flexibility index (Phi) is 2.33. The molecule has 2 aliphatic carbocycles. The summed E-state index contributed by atoms with van der Waals surface area (Å²) in [7, 11) is 0. The minimum atomic E-state index is -0.0269. The van der Waals surface area contributed by atoms with Crippen molar-refractivity contribution in [2.24, 2.45) is 23.7 Å². The van der Waals surface area contributed by atoms with Gasteiger partial charge in [0.2, 0.25) is 0 Å². The fraction of sp³-hybridized carbons (Fsp3) is 0.917. The van der Waals surface area contributed by atoms with Crippen molar-refractivity contribution in [3.63, 3.8) is 0 Å². The molecule has 0 spiro atoms. The second kappa shape index (κ2) is 3.56. The lowest BCUT2D eigenvalue weighted by Crippen LogP contribution is -2.29. The number of ketones is 1. The Labute approximate surface area is 90.1 Å². The van der Waals surface area contributed by atoms with E-state index in [9.17, 15) is 4.79 Å². The van der Waals surface area contributed by atoms with Gasteiger partial charge in [0.25, 0.3) is 0 Å². The first-order valence-electron chi connectivity index (χ1n) is 6.00. The number of hydrogen-bond donors (Lipinski definition) is 0. The molecule has 0 aromatic heterocycles. The van der Waals surface area contributed by atoms with Crippen LogP contribution in [0.3, 0.4) is 0 Å². The number of carbonyl (C=O) groups excluding carboxylic acids is 1. The van der Waals surface area contributed by atoms with E-state index in [0.29, 0.717) is 29.5 Å². The van der Waals surface area contributed by atoms with Crippen molar-refractivity contribution in [2.75, 3.05) is 13.2 Å². The van der Waals surface area contributed by atoms with E-state index in [4.69, 9.17) is 9.47 Å². The van der Waals surface area contributed by atoms with E-state index in [1.807, 2.05) is 0 Å². The van der Waals surface area contributed by atoms with Gasteiger partial charge in [-0.2, -0.15) is 0 Å². The smallest absolute Gasteiger partial charge is 0.161 e. The SMILES string of the molecule is C[C@@H]1CC2CC(=O)C[C@@H]2[C@H]1C1OCCO1. The number of fused-ring (bicyclic) bond motifs is 1. The van der Waals surface area contributed by atoms with E-state index in [1.54, 1.807) is 0 Å². The van der Waals surface area contributed by atoms with Crippen molar-refractivity contribution in [3.8, 4) is 0 Å². The van der Waals surface area contributed by atoms with Gasteiger partial charge in [-0.3, -0.25) is 4.79 Å². The molecular formula is C12H18O3. The van der Waals surface area contributed by atoms with Crippen molar-refractivity contribution >= 4 is 5.78 Å². The van der Waals surface area contributed by atoms with Gasteiger partial charge in [0, 0.05) is 18.8 Å². The van der Waals surface area contributed by atoms with Gasteiger partial charge in [0.1, 0.15) is 5.78 Å². The minimum absolute atomic E-state index is 0.0269. The Bertz CT molecular complexity index is 270. The van der Waals surface area contributed by atoms with Gasteiger partial charge < -0.3 is 9.47 Å². The first kappa shape index (κ1) is 9.79. The lowest BCUT2D eigenvalue weighted by molar-refractivity contribution is -0.120. The number of Topliss-reactive ketones (excluding diaryl/α,β-unsaturated/α-hetero) is 1. The maximum absolute atomic E-state index is 11.4. The summed E-state index contributed by atoms with van der Waals surface area (Å²) in [6, 6.07) is 0. The molecule has 3 fully saturated rings. The summed E-state index contributed by atoms with van der Waals surface area (Å²) in [4.78, 5) is 11.4. The van der Waals surface area contributed by atoms with Crippen LogP contribution < -0.4 is 0 Å². The summed E-state index contributed by atoms with van der Waals surface area (Å²) in [6.45, 7) is 3.72. The van der Waals surface area contributed by atoms with E-state index < -0.39 is 0 Å². The third kappa shape index (κ3) is 1.53. The van der Waals surface area contributed by atoms with Crippen LogP contribution in [-0.2, 0) is 14.3 Å². The summed E-state index contributed by atoms with van der Waals surface area (Å²) in [5.41, 5.74) is 0. The zero-order valence-electron chi connectivity index (χ0n) is 9.15. The van der Waals surface area contributed by atoms with Crippen LogP contribution >= 0.6 is 0 Å². The van der Waals surface area contributed by atoms with Gasteiger partial charge >= 0.3 is 0 Å². The Morgan fingerprint density at radius 1 is 1.20 bits per heavy atom. The highest BCUT2D eigenvalue weighted by Crippen LogP contribution is 2.51. The predicted octanol–water partition coefficient (Wildman–Crippen LogP) is 1.61. The van der Waals surface area contributed by atoms with Crippen molar-refractivity contribution in [1.82, 2.24) is 0 Å². The molecule has 1 aliphatic heterocycles. The fourth-order valence-electron chi connectivity index (χ4n) is 3.79. The van der Waals surface area contributed by atoms with Gasteiger partial charge in [0.15, 0.2) is 6.29 Å². The van der Waals surface area contributed by atoms with Crippen LogP contribution in [0.2, 0.25) is 0 Å². The second-order valence-corrected chi connectivity index (χ2v) is 5.27. The van der Waals surface area contributed by atoms with Crippen LogP contribution in [0.5, 0.6) is 0 Å². The molecule has 1 unspecified atom stereocenters. The molecule has 0 bridgehead atoms. The number of ether oxygens (including phenoxy) is 2. The molecule has 0 amide bonds. The molecule has 3 rings (SSSR count). The summed E-state index contributed by atoms with van der Waals surface area (Å²) in [6.07, 6.45) is 2.73. The summed E-state index contributed by atoms with van der Waals surface area (Å²) < 4.78 is 11.2. The molecule has 1 saturated heterocycles. The van der Waals surface area contributed by atoms with Gasteiger partial charge in [-0.1, -0.05) is 6.92 Å². The fourth-order valence-corrected chi connectivity index (χ4v) is 3.79. The number of hydrogen-bond acceptors (Lipinski definition) is 3. The van der Waals surface area contributed by atoms with Gasteiger partial charge in [-0.05, 0) is 24.2 Å². The van der Waals surface area contributed by atoms with Crippen LogP contribution in [0.25, 0.3) is 0 Å². The molecule has 1 heterocycles. The van der Waals surface area contributed by atoms with Gasteiger partial charge in [-0.15, -0.1) is 0 Å². The zero-order valence-corrected chi connectivity index (χ0v) is 9.15. The molecule has 3 aliphatic rings. The molecule has 2 saturated carbocycles. The highest BCUT2D eigenvalue weighted by atomic mass is 16.7. The average molecular weight is 210 g/mol. The third-order valence-electron chi connectivity index (χ3n) is 4.35. The quantitative estimate of drug-likeness (QED) is 0.659. The molecule has 0 aromatic rings. The molecule has 84 valence electrons. The summed E-state index contributed by atoms with van der Waals surface area (Å²) in [5, 5.41) is 0. The number of rotatable bonds is 1. The maximum Gasteiger partial charge on any atom is 0.161 e. The molecular weight excluding hydrogens is 192 g/mol. The molecule has 15 heavy (non-hydrogen) atoms. The first-order chi connectivity index (χ1) is 7.25. The molecule has 0 aromatic carbocycles. The topological polar surface area (TPSA) is 35.5 Å². The lowest BCUT2D eigenvalue weighted by Gasteiger charge is -2.26. The van der Waals surface area contributed by atoms with Crippen molar-refractivity contribution in [2.45, 2.75) is 32.5 Å². The minimum Gasteiger partial charge on any atom is -0.350 e. The van der Waals surface area contributed by atoms with Crippen LogP contribution in [0.15, 0.2) is 0 Å². The van der Waals surface area contributed by atoms with Crippen molar-refractivity contribution in [1.29, 1.82) is 0 Å². The Hall–Kier alpha value is -0.410. The normalized spacial score (nSPS) is 46.3. The summed E-state index contributed by atoms with van der Waals surface area (Å²) in [5.74, 6) is 2.71. The lowest BCUT2D eigenvalue weighted by atomic mass is 9.88. The molecule has 3 heteroatoms. The Morgan fingerprint density at radius 3 is 2.67 bits per heavy atom. The highest BCUT2D eigenvalue weighted by Gasteiger charge is 2.50. The second-order valence-electron chi connectivity index (χ2n) is 5.27. The molecule has 0 radical (unpaired) electrons. The average Bonchev–Trinajstić information content (AvgIpc) is 2.80. The standard InChI is InChI=1S/C12H18O3/c1-7-4-8-5-9(13)6-10(8)11(7)12-14-2-3-15-12/h7-8,10-12H,2-6H2,1H3/t7-,8?,10+,11+/m1/s1. The van der Waals surface area contributed by atoms with Crippen LogP contribution in [-0.4, -0.2) is 25.3 Å². The monoisotopic (exact) mass is 210 g/mol. The van der Waals surface area contributed by atoms with Crippen LogP contribution in [0.4, 0.5) is 0 Å². The van der Waals surface area contributed by atoms with E-state index in [0.717, 1.165) is 26.1 Å². The molecule has 3 nitrogen and oxygen atoms in total. The van der Waals surface area contributed by atoms with E-state index >= 15 is 0 Å². The largest absolute Gasteiger partial charge is 0.350 e. The number of carbonyl (C=O) groups is 1. The highest BCUT2D eigenvalue weighted by molar-refractivity contribution is 5.81. The molecule has 4 atom stereocenters. The zero-order chi connectivity index (χ0) is 10.4. The van der Waals surface area contributed by atoms with Gasteiger partial charge in [-0.25, -0.2) is 0 Å². The van der Waals surface area contributed by atoms with E-state index in [1.165, 1.54) is 6.42 Å². The third-order valence-corrected chi connectivity index (χ3v) is 4.35. The van der Waals surface area contributed by atoms with Crippen LogP contribution in [0.1, 0.15) is 26.2 Å². The van der Waals surface area contributed by atoms with Crippen LogP contribution in [0, 0.1) is 23.7 Å². The van der Waals surface area contributed by atoms with Gasteiger partial charge in [0.05, 0.1) is 13.2 Å². The predicted molar refractivity (Wildman–Crippen MR) is 54.2 cm³/mol. The Morgan fingerprint density at radius 2 is 1.93 bits per heavy atom. The summed E-state index contributed by atoms with van der Waals surface area (Å²) >= 11 is 0. The van der Waals surface area contributed by atoms with Crippen molar-refractivity contribution in [3.05, 3.63) is 0 Å². The maximum atomic E-state index is 11.4. The Balaban J connectivity index is 1.78. The first-order valence-corrected chi connectivity index (χ1v) is 6.00. The van der Waals surface area contributed by atoms with Crippen molar-refractivity contribution < 1.29 is 14.3 Å². The van der Waals surface area contributed by atoms with E-state index in [2.05, 4.69) is 6.92 Å². The molecule has 0 N–H and O–H groups in total.